The topological polar surface area (TPSA) is 50.1 Å². The summed E-state index contributed by atoms with van der Waals surface area (Å²) in [5, 5.41) is 9.25. The molecule has 0 heterocycles. The molecule has 0 aliphatic heterocycles. The second-order valence-electron chi connectivity index (χ2n) is 5.00. The molecule has 0 fully saturated rings. The predicted molar refractivity (Wildman–Crippen MR) is 75.0 cm³/mol. The zero-order valence-electron chi connectivity index (χ0n) is 12.0. The Kier molecular flexibility index (Phi) is 5.57. The van der Waals surface area contributed by atoms with Crippen LogP contribution in [0.15, 0.2) is 24.3 Å². The molecular weight excluding hydrogens is 238 g/mol. The number of ketones is 1. The molecule has 0 saturated heterocycles. The van der Waals surface area contributed by atoms with Crippen molar-refractivity contribution in [1.82, 2.24) is 0 Å². The highest BCUT2D eigenvalue weighted by Gasteiger charge is 2.27. The number of hydrogen-bond acceptors (Lipinski definition) is 3. The van der Waals surface area contributed by atoms with E-state index in [9.17, 15) is 10.1 Å². The van der Waals surface area contributed by atoms with E-state index in [1.54, 1.807) is 24.3 Å². The lowest BCUT2D eigenvalue weighted by molar-refractivity contribution is -0.123. The average Bonchev–Trinajstić information content (AvgIpc) is 2.40. The first-order chi connectivity index (χ1) is 9.01. The van der Waals surface area contributed by atoms with Gasteiger partial charge in [0, 0.05) is 5.92 Å². The fourth-order valence-electron chi connectivity index (χ4n) is 1.82. The Balaban J connectivity index is 2.92. The van der Waals surface area contributed by atoms with Gasteiger partial charge in [-0.2, -0.15) is 5.26 Å². The number of carbonyl (C=O) groups is 1. The predicted octanol–water partition coefficient (Wildman–Crippen LogP) is 3.55. The first-order valence-corrected chi connectivity index (χ1v) is 6.67. The van der Waals surface area contributed by atoms with Crippen LogP contribution in [0.4, 0.5) is 0 Å². The molecule has 0 spiro atoms. The van der Waals surface area contributed by atoms with Gasteiger partial charge in [0.15, 0.2) is 5.78 Å². The van der Waals surface area contributed by atoms with Crippen LogP contribution >= 0.6 is 0 Å². The van der Waals surface area contributed by atoms with Crippen molar-refractivity contribution in [3.05, 3.63) is 29.8 Å². The van der Waals surface area contributed by atoms with Crippen molar-refractivity contribution in [3.63, 3.8) is 0 Å². The average molecular weight is 259 g/mol. The van der Waals surface area contributed by atoms with Crippen molar-refractivity contribution in [2.24, 2.45) is 11.8 Å². The third-order valence-electron chi connectivity index (χ3n) is 3.39. The summed E-state index contributed by atoms with van der Waals surface area (Å²) >= 11 is 0. The maximum Gasteiger partial charge on any atom is 0.157 e. The zero-order valence-corrected chi connectivity index (χ0v) is 12.0. The number of carbonyl (C=O) groups excluding carboxylic acids is 1. The first-order valence-electron chi connectivity index (χ1n) is 6.67. The highest BCUT2D eigenvalue weighted by molar-refractivity contribution is 5.90. The van der Waals surface area contributed by atoms with Gasteiger partial charge in [0.2, 0.25) is 0 Å². The van der Waals surface area contributed by atoms with Crippen molar-refractivity contribution >= 4 is 5.78 Å². The van der Waals surface area contributed by atoms with Crippen molar-refractivity contribution in [3.8, 4) is 11.8 Å². The Bertz CT molecular complexity index is 457. The minimum Gasteiger partial charge on any atom is -0.494 e. The summed E-state index contributed by atoms with van der Waals surface area (Å²) in [5.41, 5.74) is 0.739. The van der Waals surface area contributed by atoms with Crippen LogP contribution in [0.5, 0.6) is 5.75 Å². The second kappa shape index (κ2) is 6.94. The van der Waals surface area contributed by atoms with E-state index in [-0.39, 0.29) is 17.6 Å². The molecule has 3 nitrogen and oxygen atoms in total. The molecule has 0 N–H and O–H groups in total. The Morgan fingerprint density at radius 1 is 1.26 bits per heavy atom. The van der Waals surface area contributed by atoms with Gasteiger partial charge in [-0.3, -0.25) is 4.79 Å². The lowest BCUT2D eigenvalue weighted by atomic mass is 9.84. The van der Waals surface area contributed by atoms with E-state index in [1.807, 2.05) is 27.7 Å². The normalized spacial score (nSPS) is 13.7. The minimum absolute atomic E-state index is 0.0124. The molecule has 2 unspecified atom stereocenters. The van der Waals surface area contributed by atoms with Gasteiger partial charge in [-0.15, -0.1) is 0 Å². The molecule has 0 aromatic heterocycles. The van der Waals surface area contributed by atoms with E-state index in [2.05, 4.69) is 6.07 Å². The highest BCUT2D eigenvalue weighted by Crippen LogP contribution is 2.25. The number of benzene rings is 1. The molecule has 0 bridgehead atoms. The molecule has 0 saturated carbocycles. The van der Waals surface area contributed by atoms with E-state index in [0.717, 1.165) is 11.3 Å². The lowest BCUT2D eigenvalue weighted by Crippen LogP contribution is -2.23. The Labute approximate surface area is 115 Å². The minimum atomic E-state index is -0.687. The smallest absolute Gasteiger partial charge is 0.157 e. The molecule has 1 rings (SSSR count). The molecule has 19 heavy (non-hydrogen) atoms. The van der Waals surface area contributed by atoms with Crippen molar-refractivity contribution < 1.29 is 9.53 Å². The number of nitrogens with zero attached hydrogens (tertiary/aromatic N) is 1. The Morgan fingerprint density at radius 2 is 1.84 bits per heavy atom. The molecule has 0 aliphatic carbocycles. The van der Waals surface area contributed by atoms with Crippen LogP contribution in [0.25, 0.3) is 0 Å². The molecule has 0 aliphatic rings. The van der Waals surface area contributed by atoms with E-state index >= 15 is 0 Å². The van der Waals surface area contributed by atoms with Crippen LogP contribution < -0.4 is 4.74 Å². The van der Waals surface area contributed by atoms with E-state index in [1.165, 1.54) is 0 Å². The number of ether oxygens (including phenoxy) is 1. The second-order valence-corrected chi connectivity index (χ2v) is 5.00. The molecule has 0 radical (unpaired) electrons. The van der Waals surface area contributed by atoms with E-state index in [4.69, 9.17) is 4.74 Å². The molecule has 1 aromatic rings. The summed E-state index contributed by atoms with van der Waals surface area (Å²) < 4.78 is 5.35. The maximum absolute atomic E-state index is 12.3. The zero-order chi connectivity index (χ0) is 14.4. The van der Waals surface area contributed by atoms with Gasteiger partial charge in [0.1, 0.15) is 11.7 Å². The fourth-order valence-corrected chi connectivity index (χ4v) is 1.82. The summed E-state index contributed by atoms with van der Waals surface area (Å²) in [4.78, 5) is 12.3. The summed E-state index contributed by atoms with van der Waals surface area (Å²) in [6.07, 6.45) is 0. The van der Waals surface area contributed by atoms with Gasteiger partial charge in [-0.05, 0) is 30.5 Å². The van der Waals surface area contributed by atoms with Crippen LogP contribution in [0.1, 0.15) is 39.2 Å². The van der Waals surface area contributed by atoms with Crippen LogP contribution in [-0.4, -0.2) is 12.4 Å². The van der Waals surface area contributed by atoms with Crippen LogP contribution in [-0.2, 0) is 4.79 Å². The third kappa shape index (κ3) is 3.82. The van der Waals surface area contributed by atoms with Gasteiger partial charge in [-0.1, -0.05) is 32.9 Å². The SMILES string of the molecule is CCOc1ccc(C(C#N)C(=O)C(C)C(C)C)cc1. The summed E-state index contributed by atoms with van der Waals surface area (Å²) in [6.45, 7) is 8.39. The standard InChI is InChI=1S/C16H21NO2/c1-5-19-14-8-6-13(7-9-14)15(10-17)16(18)12(4)11(2)3/h6-9,11-12,15H,5H2,1-4H3. The first kappa shape index (κ1) is 15.2. The maximum atomic E-state index is 12.3. The monoisotopic (exact) mass is 259 g/mol. The van der Waals surface area contributed by atoms with E-state index < -0.39 is 5.92 Å². The quantitative estimate of drug-likeness (QED) is 0.785. The number of hydrogen-bond donors (Lipinski definition) is 0. The molecule has 2 atom stereocenters. The molecular formula is C16H21NO2. The van der Waals surface area contributed by atoms with Crippen LogP contribution in [0.2, 0.25) is 0 Å². The lowest BCUT2D eigenvalue weighted by Gasteiger charge is -2.18. The number of rotatable bonds is 6. The number of nitriles is 1. The van der Waals surface area contributed by atoms with Gasteiger partial charge >= 0.3 is 0 Å². The van der Waals surface area contributed by atoms with Crippen LogP contribution in [0.3, 0.4) is 0 Å². The number of Topliss-reactive ketones (excluding diaryl/α,β-unsaturated/α-hetero) is 1. The van der Waals surface area contributed by atoms with Gasteiger partial charge < -0.3 is 4.74 Å². The van der Waals surface area contributed by atoms with Gasteiger partial charge in [0.05, 0.1) is 12.7 Å². The molecule has 102 valence electrons. The summed E-state index contributed by atoms with van der Waals surface area (Å²) in [7, 11) is 0. The van der Waals surface area contributed by atoms with Crippen molar-refractivity contribution in [2.75, 3.05) is 6.61 Å². The summed E-state index contributed by atoms with van der Waals surface area (Å²) in [5.74, 6) is 0.185. The summed E-state index contributed by atoms with van der Waals surface area (Å²) in [6, 6.07) is 9.31. The highest BCUT2D eigenvalue weighted by atomic mass is 16.5. The largest absolute Gasteiger partial charge is 0.494 e. The fraction of sp³-hybridized carbons (Fsp3) is 0.500. The third-order valence-corrected chi connectivity index (χ3v) is 3.39. The van der Waals surface area contributed by atoms with Gasteiger partial charge in [0.25, 0.3) is 0 Å². The molecule has 1 aromatic carbocycles. The van der Waals surface area contributed by atoms with Gasteiger partial charge in [-0.25, -0.2) is 0 Å². The Hall–Kier alpha value is -1.82. The Morgan fingerprint density at radius 3 is 2.26 bits per heavy atom. The van der Waals surface area contributed by atoms with Crippen molar-refractivity contribution in [2.45, 2.75) is 33.6 Å². The van der Waals surface area contributed by atoms with Crippen molar-refractivity contribution in [1.29, 1.82) is 5.26 Å². The van der Waals surface area contributed by atoms with Crippen LogP contribution in [0, 0.1) is 23.2 Å². The van der Waals surface area contributed by atoms with E-state index in [0.29, 0.717) is 6.61 Å². The molecule has 0 amide bonds. The molecule has 3 heteroatoms.